The molecule has 2 saturated heterocycles. The third-order valence-electron chi connectivity index (χ3n) is 6.34. The lowest BCUT2D eigenvalue weighted by molar-refractivity contribution is -0.158. The van der Waals surface area contributed by atoms with Crippen LogP contribution in [-0.4, -0.2) is 47.3 Å². The lowest BCUT2D eigenvalue weighted by atomic mass is 9.67. The molecule has 4 heteroatoms. The van der Waals surface area contributed by atoms with Gasteiger partial charge in [-0.2, -0.15) is 0 Å². The number of hydrogen-bond acceptors (Lipinski definition) is 2. The molecule has 1 spiro atoms. The van der Waals surface area contributed by atoms with E-state index in [1.165, 1.54) is 0 Å². The average Bonchev–Trinajstić information content (AvgIpc) is 2.70. The highest BCUT2D eigenvalue weighted by molar-refractivity contribution is 5.93. The first-order valence-corrected chi connectivity index (χ1v) is 10.4. The van der Waals surface area contributed by atoms with Crippen molar-refractivity contribution < 1.29 is 9.59 Å². The Morgan fingerprint density at radius 1 is 1.19 bits per heavy atom. The summed E-state index contributed by atoms with van der Waals surface area (Å²) in [6.45, 7) is 6.70. The van der Waals surface area contributed by atoms with E-state index in [2.05, 4.69) is 18.7 Å². The van der Waals surface area contributed by atoms with Crippen LogP contribution in [0.15, 0.2) is 36.4 Å². The van der Waals surface area contributed by atoms with Crippen LogP contribution in [0.2, 0.25) is 0 Å². The summed E-state index contributed by atoms with van der Waals surface area (Å²) in [4.78, 5) is 30.2. The van der Waals surface area contributed by atoms with Crippen molar-refractivity contribution in [2.45, 2.75) is 58.4 Å². The van der Waals surface area contributed by atoms with Crippen LogP contribution < -0.4 is 0 Å². The van der Waals surface area contributed by atoms with Gasteiger partial charge in [0.2, 0.25) is 11.8 Å². The third-order valence-corrected chi connectivity index (χ3v) is 6.34. The molecule has 146 valence electrons. The molecule has 2 heterocycles. The van der Waals surface area contributed by atoms with Crippen molar-refractivity contribution in [2.24, 2.45) is 5.41 Å². The maximum Gasteiger partial charge on any atom is 0.246 e. The zero-order valence-corrected chi connectivity index (χ0v) is 16.7. The second kappa shape index (κ2) is 8.73. The molecule has 0 radical (unpaired) electrons. The van der Waals surface area contributed by atoms with E-state index in [9.17, 15) is 9.59 Å². The minimum atomic E-state index is -0.388. The van der Waals surface area contributed by atoms with Crippen molar-refractivity contribution >= 4 is 17.9 Å². The monoisotopic (exact) mass is 368 g/mol. The minimum absolute atomic E-state index is 0.0175. The molecule has 0 bridgehead atoms. The molecule has 1 aromatic carbocycles. The largest absolute Gasteiger partial charge is 0.342 e. The number of unbranched alkanes of at least 4 members (excludes halogenated alkanes) is 1. The van der Waals surface area contributed by atoms with E-state index >= 15 is 0 Å². The maximum absolute atomic E-state index is 13.3. The van der Waals surface area contributed by atoms with Crippen LogP contribution >= 0.6 is 0 Å². The number of piperidine rings is 2. The summed E-state index contributed by atoms with van der Waals surface area (Å²) in [7, 11) is 0. The molecule has 0 N–H and O–H groups in total. The number of benzene rings is 1. The van der Waals surface area contributed by atoms with Gasteiger partial charge in [0.15, 0.2) is 0 Å². The average molecular weight is 369 g/mol. The highest BCUT2D eigenvalue weighted by Crippen LogP contribution is 2.44. The fourth-order valence-electron chi connectivity index (χ4n) is 4.68. The van der Waals surface area contributed by atoms with Gasteiger partial charge in [0.05, 0.1) is 5.41 Å². The normalized spacial score (nSPS) is 26.1. The van der Waals surface area contributed by atoms with Crippen LogP contribution in [0.3, 0.4) is 0 Å². The van der Waals surface area contributed by atoms with Gasteiger partial charge in [-0.25, -0.2) is 0 Å². The highest BCUT2D eigenvalue weighted by Gasteiger charge is 2.51. The van der Waals surface area contributed by atoms with Gasteiger partial charge in [-0.3, -0.25) is 9.59 Å². The molecule has 3 rings (SSSR count). The predicted octanol–water partition coefficient (Wildman–Crippen LogP) is 4.12. The van der Waals surface area contributed by atoms with Gasteiger partial charge in [-0.1, -0.05) is 43.7 Å². The molecule has 0 unspecified atom stereocenters. The van der Waals surface area contributed by atoms with Gasteiger partial charge >= 0.3 is 0 Å². The number of amides is 2. The van der Waals surface area contributed by atoms with E-state index in [0.717, 1.165) is 63.7 Å². The highest BCUT2D eigenvalue weighted by atomic mass is 16.2. The first-order valence-electron chi connectivity index (χ1n) is 10.4. The van der Waals surface area contributed by atoms with Crippen molar-refractivity contribution in [3.05, 3.63) is 42.0 Å². The maximum atomic E-state index is 13.3. The van der Waals surface area contributed by atoms with Crippen LogP contribution in [0.5, 0.6) is 0 Å². The number of carbonyl (C=O) groups excluding carboxylic acids is 2. The van der Waals surface area contributed by atoms with Gasteiger partial charge in [0.25, 0.3) is 0 Å². The number of hydrogen-bond donors (Lipinski definition) is 0. The second-order valence-electron chi connectivity index (χ2n) is 7.96. The Bertz CT molecular complexity index is 681. The van der Waals surface area contributed by atoms with E-state index in [1.54, 1.807) is 6.08 Å². The number of likely N-dealkylation sites (tertiary alicyclic amines) is 2. The van der Waals surface area contributed by atoms with Gasteiger partial charge in [-0.15, -0.1) is 0 Å². The summed E-state index contributed by atoms with van der Waals surface area (Å²) in [5, 5.41) is 0. The number of rotatable bonds is 5. The van der Waals surface area contributed by atoms with Crippen molar-refractivity contribution in [3.63, 3.8) is 0 Å². The second-order valence-corrected chi connectivity index (χ2v) is 7.96. The summed E-state index contributed by atoms with van der Waals surface area (Å²) >= 11 is 0. The quantitative estimate of drug-likeness (QED) is 0.734. The van der Waals surface area contributed by atoms with Gasteiger partial charge in [0.1, 0.15) is 0 Å². The van der Waals surface area contributed by atoms with Crippen LogP contribution in [0.4, 0.5) is 0 Å². The van der Waals surface area contributed by atoms with Crippen molar-refractivity contribution in [1.29, 1.82) is 0 Å². The molecule has 2 aliphatic heterocycles. The van der Waals surface area contributed by atoms with Crippen molar-refractivity contribution in [1.82, 2.24) is 9.80 Å². The van der Waals surface area contributed by atoms with Crippen molar-refractivity contribution in [3.8, 4) is 0 Å². The molecule has 0 aromatic heterocycles. The Morgan fingerprint density at radius 3 is 2.59 bits per heavy atom. The Labute approximate surface area is 163 Å². The minimum Gasteiger partial charge on any atom is -0.342 e. The lowest BCUT2D eigenvalue weighted by Gasteiger charge is -2.51. The van der Waals surface area contributed by atoms with E-state index in [-0.39, 0.29) is 23.3 Å². The molecule has 2 aliphatic rings. The Morgan fingerprint density at radius 2 is 1.89 bits per heavy atom. The Hall–Kier alpha value is -2.10. The molecule has 0 saturated carbocycles. The van der Waals surface area contributed by atoms with Gasteiger partial charge < -0.3 is 9.80 Å². The van der Waals surface area contributed by atoms with E-state index in [1.807, 2.05) is 41.3 Å². The first-order chi connectivity index (χ1) is 13.1. The zero-order chi connectivity index (χ0) is 19.3. The Kier molecular flexibility index (Phi) is 6.35. The van der Waals surface area contributed by atoms with E-state index < -0.39 is 0 Å². The molecule has 1 aromatic rings. The molecular weight excluding hydrogens is 336 g/mol. The summed E-state index contributed by atoms with van der Waals surface area (Å²) in [6.07, 6.45) is 9.44. The lowest BCUT2D eigenvalue weighted by Crippen LogP contribution is -2.61. The summed E-state index contributed by atoms with van der Waals surface area (Å²) in [5.41, 5.74) is 0.630. The zero-order valence-electron chi connectivity index (χ0n) is 16.7. The third kappa shape index (κ3) is 4.10. The number of carbonyl (C=O) groups is 2. The predicted molar refractivity (Wildman–Crippen MR) is 109 cm³/mol. The SMILES string of the molecule is CCCCN1CCC[C@@]2(CCCN(C(=O)/C=C/c3ccccc3)[C@@H]2C)C1=O. The van der Waals surface area contributed by atoms with Crippen LogP contribution in [0.25, 0.3) is 6.08 Å². The summed E-state index contributed by atoms with van der Waals surface area (Å²) in [6, 6.07) is 9.83. The standard InChI is InChI=1S/C23H32N2O2/c1-3-4-16-24-17-8-14-23(22(24)27)15-9-18-25(19(23)2)21(26)13-12-20-10-6-5-7-11-20/h5-7,10-13,19H,3-4,8-9,14-18H2,1-2H3/b13-12+/t19-,23+/m1/s1. The fourth-order valence-corrected chi connectivity index (χ4v) is 4.68. The molecule has 0 aliphatic carbocycles. The Balaban J connectivity index is 1.74. The fraction of sp³-hybridized carbons (Fsp3) is 0.565. The van der Waals surface area contributed by atoms with Crippen LogP contribution in [0.1, 0.15) is 57.9 Å². The molecular formula is C23H32N2O2. The van der Waals surface area contributed by atoms with Gasteiger partial charge in [-0.05, 0) is 50.7 Å². The van der Waals surface area contributed by atoms with Crippen LogP contribution in [-0.2, 0) is 9.59 Å². The molecule has 2 atom stereocenters. The molecule has 4 nitrogen and oxygen atoms in total. The molecule has 2 amide bonds. The van der Waals surface area contributed by atoms with Crippen molar-refractivity contribution in [2.75, 3.05) is 19.6 Å². The smallest absolute Gasteiger partial charge is 0.246 e. The van der Waals surface area contributed by atoms with E-state index in [0.29, 0.717) is 0 Å². The molecule has 2 fully saturated rings. The topological polar surface area (TPSA) is 40.6 Å². The molecule has 27 heavy (non-hydrogen) atoms. The number of nitrogens with zero attached hydrogens (tertiary/aromatic N) is 2. The summed E-state index contributed by atoms with van der Waals surface area (Å²) < 4.78 is 0. The van der Waals surface area contributed by atoms with Crippen LogP contribution in [0, 0.1) is 5.41 Å². The summed E-state index contributed by atoms with van der Waals surface area (Å²) in [5.74, 6) is 0.295. The van der Waals surface area contributed by atoms with Gasteiger partial charge in [0, 0.05) is 31.8 Å². The first kappa shape index (κ1) is 19.7. The van der Waals surface area contributed by atoms with E-state index in [4.69, 9.17) is 0 Å².